The number of likely N-dealkylation sites (N-methyl/N-ethyl adjacent to an activating group) is 1. The number of nitrogens with one attached hydrogen (secondary N) is 1. The highest BCUT2D eigenvalue weighted by Gasteiger charge is 2.20. The van der Waals surface area contributed by atoms with E-state index in [0.29, 0.717) is 10.7 Å². The lowest BCUT2D eigenvalue weighted by molar-refractivity contribution is -0.132. The summed E-state index contributed by atoms with van der Waals surface area (Å²) in [7, 11) is 1.64. The lowest BCUT2D eigenvalue weighted by Crippen LogP contribution is -2.39. The molecule has 6 nitrogen and oxygen atoms in total. The number of thioether (sulfide) groups is 1. The average Bonchev–Trinajstić information content (AvgIpc) is 2.75. The number of carbonyl (C=O) groups is 2. The van der Waals surface area contributed by atoms with Crippen LogP contribution in [0.5, 0.6) is 0 Å². The predicted molar refractivity (Wildman–Crippen MR) is 123 cm³/mol. The van der Waals surface area contributed by atoms with Gasteiger partial charge in [-0.2, -0.15) is 0 Å². The summed E-state index contributed by atoms with van der Waals surface area (Å²) in [6.45, 7) is 5.02. The maximum atomic E-state index is 12.6. The maximum absolute atomic E-state index is 12.6. The zero-order valence-electron chi connectivity index (χ0n) is 17.1. The van der Waals surface area contributed by atoms with Gasteiger partial charge in [0.1, 0.15) is 0 Å². The van der Waals surface area contributed by atoms with E-state index in [-0.39, 0.29) is 23.6 Å². The number of benzene rings is 2. The summed E-state index contributed by atoms with van der Waals surface area (Å²) in [6.07, 6.45) is 0. The molecule has 2 aromatic rings. The van der Waals surface area contributed by atoms with E-state index in [1.54, 1.807) is 19.2 Å². The van der Waals surface area contributed by atoms with E-state index in [2.05, 4.69) is 10.2 Å². The number of rotatable bonds is 7. The normalized spacial score (nSPS) is 14.8. The molecule has 0 spiro atoms. The summed E-state index contributed by atoms with van der Waals surface area (Å²) in [4.78, 5) is 29.6. The minimum absolute atomic E-state index is 0.00440. The van der Waals surface area contributed by atoms with Gasteiger partial charge in [-0.3, -0.25) is 9.59 Å². The zero-order chi connectivity index (χ0) is 21.5. The third kappa shape index (κ3) is 6.39. The molecule has 0 aromatic heterocycles. The molecular formula is C22H26ClN3O3S. The summed E-state index contributed by atoms with van der Waals surface area (Å²) < 4.78 is 5.37. The molecule has 1 saturated heterocycles. The van der Waals surface area contributed by atoms with Crippen molar-refractivity contribution in [1.82, 2.24) is 4.90 Å². The second-order valence-electron chi connectivity index (χ2n) is 7.10. The molecule has 30 heavy (non-hydrogen) atoms. The largest absolute Gasteiger partial charge is 0.378 e. The van der Waals surface area contributed by atoms with Gasteiger partial charge in [-0.05, 0) is 55.5 Å². The fraction of sp³-hybridized carbons (Fsp3) is 0.364. The third-order valence-electron chi connectivity index (χ3n) is 4.76. The minimum atomic E-state index is -0.309. The van der Waals surface area contributed by atoms with Crippen LogP contribution in [0.3, 0.4) is 0 Å². The van der Waals surface area contributed by atoms with Gasteiger partial charge in [0.05, 0.1) is 25.0 Å². The molecular weight excluding hydrogens is 422 g/mol. The first-order chi connectivity index (χ1) is 14.4. The van der Waals surface area contributed by atoms with Crippen molar-refractivity contribution in [1.29, 1.82) is 0 Å². The van der Waals surface area contributed by atoms with Crippen molar-refractivity contribution in [2.45, 2.75) is 17.1 Å². The second-order valence-corrected chi connectivity index (χ2v) is 8.95. The SMILES string of the molecule is C[C@H](Sc1ccc(Cl)cc1)C(=O)N(C)CC(=O)Nc1ccc(N2CCOCC2)cc1. The highest BCUT2D eigenvalue weighted by molar-refractivity contribution is 8.00. The molecule has 160 valence electrons. The van der Waals surface area contributed by atoms with Crippen LogP contribution in [0.4, 0.5) is 11.4 Å². The molecule has 0 unspecified atom stereocenters. The first kappa shape index (κ1) is 22.5. The third-order valence-corrected chi connectivity index (χ3v) is 6.11. The maximum Gasteiger partial charge on any atom is 0.243 e. The average molecular weight is 448 g/mol. The summed E-state index contributed by atoms with van der Waals surface area (Å²) in [5, 5.41) is 3.20. The first-order valence-corrected chi connectivity index (χ1v) is 11.1. The van der Waals surface area contributed by atoms with Crippen LogP contribution in [0.2, 0.25) is 5.02 Å². The molecule has 1 N–H and O–H groups in total. The van der Waals surface area contributed by atoms with Crippen molar-refractivity contribution >= 4 is 46.6 Å². The molecule has 0 bridgehead atoms. The highest BCUT2D eigenvalue weighted by Crippen LogP contribution is 2.25. The molecule has 2 amide bonds. The topological polar surface area (TPSA) is 61.9 Å². The van der Waals surface area contributed by atoms with Gasteiger partial charge in [0.2, 0.25) is 11.8 Å². The van der Waals surface area contributed by atoms with Crippen LogP contribution in [-0.4, -0.2) is 61.9 Å². The highest BCUT2D eigenvalue weighted by atomic mass is 35.5. The number of anilines is 2. The van der Waals surface area contributed by atoms with Crippen molar-refractivity contribution in [3.63, 3.8) is 0 Å². The van der Waals surface area contributed by atoms with Crippen LogP contribution >= 0.6 is 23.4 Å². The van der Waals surface area contributed by atoms with Crippen LogP contribution < -0.4 is 10.2 Å². The summed E-state index contributed by atoms with van der Waals surface area (Å²) in [5.74, 6) is -0.332. The van der Waals surface area contributed by atoms with Gasteiger partial charge >= 0.3 is 0 Å². The number of morpholine rings is 1. The van der Waals surface area contributed by atoms with Crippen molar-refractivity contribution in [3.05, 3.63) is 53.6 Å². The Bertz CT molecular complexity index is 855. The summed E-state index contributed by atoms with van der Waals surface area (Å²) in [6, 6.07) is 15.1. The van der Waals surface area contributed by atoms with Gasteiger partial charge < -0.3 is 19.9 Å². The molecule has 0 radical (unpaired) electrons. The Morgan fingerprint density at radius 2 is 1.77 bits per heavy atom. The van der Waals surface area contributed by atoms with Gasteiger partial charge in [0, 0.05) is 41.4 Å². The quantitative estimate of drug-likeness (QED) is 0.655. The Kier molecular flexibility index (Phi) is 8.01. The number of hydrogen-bond donors (Lipinski definition) is 1. The number of halogens is 1. The van der Waals surface area contributed by atoms with E-state index >= 15 is 0 Å². The molecule has 1 aliphatic rings. The molecule has 1 fully saturated rings. The van der Waals surface area contributed by atoms with Crippen LogP contribution in [-0.2, 0) is 14.3 Å². The smallest absolute Gasteiger partial charge is 0.243 e. The van der Waals surface area contributed by atoms with Crippen molar-refractivity contribution in [2.75, 3.05) is 50.1 Å². The Labute approximate surface area is 186 Å². The van der Waals surface area contributed by atoms with Gasteiger partial charge in [-0.25, -0.2) is 0 Å². The second kappa shape index (κ2) is 10.7. The lowest BCUT2D eigenvalue weighted by Gasteiger charge is -2.29. The van der Waals surface area contributed by atoms with E-state index in [4.69, 9.17) is 16.3 Å². The van der Waals surface area contributed by atoms with Crippen molar-refractivity contribution in [3.8, 4) is 0 Å². The number of hydrogen-bond acceptors (Lipinski definition) is 5. The zero-order valence-corrected chi connectivity index (χ0v) is 18.7. The monoisotopic (exact) mass is 447 g/mol. The Morgan fingerprint density at radius 1 is 1.13 bits per heavy atom. The minimum Gasteiger partial charge on any atom is -0.378 e. The van der Waals surface area contributed by atoms with E-state index in [9.17, 15) is 9.59 Å². The van der Waals surface area contributed by atoms with Gasteiger partial charge in [0.15, 0.2) is 0 Å². The fourth-order valence-corrected chi connectivity index (χ4v) is 4.26. The van der Waals surface area contributed by atoms with Crippen LogP contribution in [0.15, 0.2) is 53.4 Å². The van der Waals surface area contributed by atoms with E-state index in [0.717, 1.165) is 36.9 Å². The summed E-state index contributed by atoms with van der Waals surface area (Å²) >= 11 is 7.34. The first-order valence-electron chi connectivity index (χ1n) is 9.82. The van der Waals surface area contributed by atoms with E-state index in [1.165, 1.54) is 16.7 Å². The van der Waals surface area contributed by atoms with E-state index < -0.39 is 0 Å². The number of amides is 2. The van der Waals surface area contributed by atoms with Gasteiger partial charge in [-0.15, -0.1) is 11.8 Å². The van der Waals surface area contributed by atoms with Crippen LogP contribution in [0, 0.1) is 0 Å². The molecule has 1 aliphatic heterocycles. The van der Waals surface area contributed by atoms with E-state index in [1.807, 2.05) is 43.3 Å². The molecule has 1 heterocycles. The fourth-order valence-electron chi connectivity index (χ4n) is 3.15. The molecule has 3 rings (SSSR count). The Balaban J connectivity index is 1.48. The predicted octanol–water partition coefficient (Wildman–Crippen LogP) is 3.75. The molecule has 2 aromatic carbocycles. The molecule has 0 aliphatic carbocycles. The molecule has 1 atom stereocenters. The van der Waals surface area contributed by atoms with Gasteiger partial charge in [0.25, 0.3) is 0 Å². The van der Waals surface area contributed by atoms with Crippen molar-refractivity contribution < 1.29 is 14.3 Å². The van der Waals surface area contributed by atoms with Crippen LogP contribution in [0.25, 0.3) is 0 Å². The van der Waals surface area contributed by atoms with Gasteiger partial charge in [-0.1, -0.05) is 11.6 Å². The standard InChI is InChI=1S/C22H26ClN3O3S/c1-16(30-20-9-3-17(23)4-10-20)22(28)25(2)15-21(27)24-18-5-7-19(8-6-18)26-11-13-29-14-12-26/h3-10,16H,11-15H2,1-2H3,(H,24,27)/t16-/m0/s1. The lowest BCUT2D eigenvalue weighted by atomic mass is 10.2. The number of nitrogens with zero attached hydrogens (tertiary/aromatic N) is 2. The molecule has 0 saturated carbocycles. The molecule has 8 heteroatoms. The number of carbonyl (C=O) groups excluding carboxylic acids is 2. The van der Waals surface area contributed by atoms with Crippen LogP contribution in [0.1, 0.15) is 6.92 Å². The summed E-state index contributed by atoms with van der Waals surface area (Å²) in [5.41, 5.74) is 1.82. The Hall–Kier alpha value is -2.22. The Morgan fingerprint density at radius 3 is 2.40 bits per heavy atom. The van der Waals surface area contributed by atoms with Crippen molar-refractivity contribution in [2.24, 2.45) is 0 Å². The number of ether oxygens (including phenoxy) is 1.